The molecular formula is C24H21N3OS. The third-order valence-electron chi connectivity index (χ3n) is 5.40. The van der Waals surface area contributed by atoms with Gasteiger partial charge < -0.3 is 0 Å². The summed E-state index contributed by atoms with van der Waals surface area (Å²) in [7, 11) is 0. The number of carbonyl (C=O) groups excluding carboxylic acids is 1. The quantitative estimate of drug-likeness (QED) is 0.305. The van der Waals surface area contributed by atoms with Gasteiger partial charge in [-0.25, -0.2) is 9.97 Å². The molecule has 2 aromatic carbocycles. The first-order valence-electron chi connectivity index (χ1n) is 9.84. The molecule has 0 N–H and O–H groups in total. The molecule has 0 radical (unpaired) electrons. The van der Waals surface area contributed by atoms with Gasteiger partial charge in [-0.05, 0) is 25.0 Å². The van der Waals surface area contributed by atoms with Gasteiger partial charge in [0.15, 0.2) is 11.4 Å². The van der Waals surface area contributed by atoms with Crippen molar-refractivity contribution in [3.05, 3.63) is 72.6 Å². The Morgan fingerprint density at radius 2 is 1.83 bits per heavy atom. The van der Waals surface area contributed by atoms with E-state index in [0.717, 1.165) is 38.8 Å². The molecule has 0 bridgehead atoms. The highest BCUT2D eigenvalue weighted by molar-refractivity contribution is 7.98. The minimum Gasteiger partial charge on any atom is -0.295 e. The fourth-order valence-electron chi connectivity index (χ4n) is 3.59. The number of imidazole rings is 1. The molecule has 1 aliphatic carbocycles. The number of thioether (sulfide) groups is 1. The zero-order valence-corrected chi connectivity index (χ0v) is 17.0. The van der Waals surface area contributed by atoms with Crippen molar-refractivity contribution in [3.63, 3.8) is 0 Å². The second kappa shape index (κ2) is 7.48. The van der Waals surface area contributed by atoms with E-state index in [0.29, 0.717) is 12.3 Å². The van der Waals surface area contributed by atoms with Crippen molar-refractivity contribution in [2.75, 3.05) is 6.26 Å². The number of carbonyl (C=O) groups is 1. The smallest absolute Gasteiger partial charge is 0.170 e. The molecule has 0 saturated heterocycles. The normalized spacial score (nSPS) is 13.7. The maximum atomic E-state index is 12.4. The fourth-order valence-corrected chi connectivity index (χ4v) is 4.11. The zero-order chi connectivity index (χ0) is 19.8. The number of hydrogen-bond acceptors (Lipinski definition) is 4. The third-order valence-corrected chi connectivity index (χ3v) is 6.06. The first-order valence-corrected chi connectivity index (χ1v) is 11.1. The summed E-state index contributed by atoms with van der Waals surface area (Å²) in [5.41, 5.74) is 5.67. The Hall–Kier alpha value is -2.92. The summed E-state index contributed by atoms with van der Waals surface area (Å²) >= 11 is 1.59. The Labute approximate surface area is 174 Å². The van der Waals surface area contributed by atoms with Crippen LogP contribution >= 0.6 is 11.8 Å². The summed E-state index contributed by atoms with van der Waals surface area (Å²) < 4.78 is 2.10. The summed E-state index contributed by atoms with van der Waals surface area (Å²) in [4.78, 5) is 21.8. The molecule has 0 unspecified atom stereocenters. The second-order valence-corrected chi connectivity index (χ2v) is 8.28. The van der Waals surface area contributed by atoms with Crippen LogP contribution in [0.5, 0.6) is 0 Å². The summed E-state index contributed by atoms with van der Waals surface area (Å²) in [6, 6.07) is 18.1. The predicted octanol–water partition coefficient (Wildman–Crippen LogP) is 5.77. The average Bonchev–Trinajstić information content (AvgIpc) is 3.48. The van der Waals surface area contributed by atoms with Gasteiger partial charge in [-0.2, -0.15) is 0 Å². The SMILES string of the molecule is CSc1nc(-c2ccccc2)cn2c(-c3ccc(C(=O)CC4CC4)cc3)cnc12. The lowest BCUT2D eigenvalue weighted by molar-refractivity contribution is 0.0976. The lowest BCUT2D eigenvalue weighted by Crippen LogP contribution is -2.00. The summed E-state index contributed by atoms with van der Waals surface area (Å²) in [5, 5.41) is 0.897. The highest BCUT2D eigenvalue weighted by Gasteiger charge is 2.24. The van der Waals surface area contributed by atoms with Crippen LogP contribution in [0.4, 0.5) is 0 Å². The van der Waals surface area contributed by atoms with Gasteiger partial charge in [0.25, 0.3) is 0 Å². The molecule has 0 aliphatic heterocycles. The fraction of sp³-hybridized carbons (Fsp3) is 0.208. The Kier molecular flexibility index (Phi) is 4.68. The van der Waals surface area contributed by atoms with E-state index >= 15 is 0 Å². The van der Waals surface area contributed by atoms with Gasteiger partial charge in [0, 0.05) is 29.3 Å². The van der Waals surface area contributed by atoms with Crippen LogP contribution in [0.3, 0.4) is 0 Å². The lowest BCUT2D eigenvalue weighted by Gasteiger charge is -2.09. The number of benzene rings is 2. The molecule has 0 amide bonds. The Balaban J connectivity index is 1.55. The molecule has 1 saturated carbocycles. The lowest BCUT2D eigenvalue weighted by atomic mass is 10.0. The van der Waals surface area contributed by atoms with E-state index in [1.807, 2.05) is 61.1 Å². The van der Waals surface area contributed by atoms with E-state index in [4.69, 9.17) is 4.98 Å². The monoisotopic (exact) mass is 399 g/mol. The van der Waals surface area contributed by atoms with Crippen LogP contribution in [-0.2, 0) is 0 Å². The van der Waals surface area contributed by atoms with Crippen molar-refractivity contribution < 1.29 is 4.79 Å². The van der Waals surface area contributed by atoms with Crippen molar-refractivity contribution in [1.82, 2.24) is 14.4 Å². The Bertz CT molecular complexity index is 1180. The largest absolute Gasteiger partial charge is 0.295 e. The maximum absolute atomic E-state index is 12.4. The molecule has 5 rings (SSSR count). The summed E-state index contributed by atoms with van der Waals surface area (Å²) in [5.74, 6) is 0.854. The van der Waals surface area contributed by atoms with Crippen LogP contribution in [0.25, 0.3) is 28.2 Å². The molecule has 144 valence electrons. The number of Topliss-reactive ketones (excluding diaryl/α,β-unsaturated/α-hetero) is 1. The first kappa shape index (κ1) is 18.1. The van der Waals surface area contributed by atoms with Crippen LogP contribution in [-0.4, -0.2) is 26.4 Å². The van der Waals surface area contributed by atoms with Crippen LogP contribution in [0.15, 0.2) is 72.0 Å². The van der Waals surface area contributed by atoms with Gasteiger partial charge in [-0.1, -0.05) is 54.6 Å². The van der Waals surface area contributed by atoms with Crippen molar-refractivity contribution in [2.24, 2.45) is 5.92 Å². The minimum atomic E-state index is 0.248. The molecule has 1 fully saturated rings. The summed E-state index contributed by atoms with van der Waals surface area (Å²) in [6.45, 7) is 0. The number of rotatable bonds is 6. The average molecular weight is 400 g/mol. The molecule has 5 heteroatoms. The molecule has 0 atom stereocenters. The Morgan fingerprint density at radius 1 is 1.07 bits per heavy atom. The van der Waals surface area contributed by atoms with Crippen LogP contribution in [0.1, 0.15) is 29.6 Å². The van der Waals surface area contributed by atoms with Crippen molar-refractivity contribution in [2.45, 2.75) is 24.3 Å². The van der Waals surface area contributed by atoms with Crippen LogP contribution in [0, 0.1) is 5.92 Å². The van der Waals surface area contributed by atoms with E-state index < -0.39 is 0 Å². The van der Waals surface area contributed by atoms with Gasteiger partial charge >= 0.3 is 0 Å². The topological polar surface area (TPSA) is 47.3 Å². The van der Waals surface area contributed by atoms with E-state index in [2.05, 4.69) is 21.5 Å². The standard InChI is InChI=1S/C24H21N3OS/c1-29-24-23-25-14-21(27(23)15-20(26-24)17-5-3-2-4-6-17)18-9-11-19(12-10-18)22(28)13-16-7-8-16/h2-6,9-12,14-16H,7-8,13H2,1H3. The highest BCUT2D eigenvalue weighted by atomic mass is 32.2. The van der Waals surface area contributed by atoms with Crippen LogP contribution in [0.2, 0.25) is 0 Å². The van der Waals surface area contributed by atoms with Gasteiger partial charge in [0.1, 0.15) is 5.03 Å². The van der Waals surface area contributed by atoms with E-state index in [-0.39, 0.29) is 5.78 Å². The van der Waals surface area contributed by atoms with E-state index in [1.165, 1.54) is 12.8 Å². The second-order valence-electron chi connectivity index (χ2n) is 7.49. The number of aromatic nitrogens is 3. The van der Waals surface area contributed by atoms with Crippen molar-refractivity contribution in [1.29, 1.82) is 0 Å². The zero-order valence-electron chi connectivity index (χ0n) is 16.2. The van der Waals surface area contributed by atoms with E-state index in [9.17, 15) is 4.79 Å². The van der Waals surface area contributed by atoms with Crippen molar-refractivity contribution >= 4 is 23.2 Å². The molecule has 4 nitrogen and oxygen atoms in total. The molecule has 0 spiro atoms. The predicted molar refractivity (Wildman–Crippen MR) is 117 cm³/mol. The number of fused-ring (bicyclic) bond motifs is 1. The van der Waals surface area contributed by atoms with Gasteiger partial charge in [-0.3, -0.25) is 9.20 Å². The number of ketones is 1. The molecule has 29 heavy (non-hydrogen) atoms. The summed E-state index contributed by atoms with van der Waals surface area (Å²) in [6.07, 6.45) is 9.01. The number of nitrogens with zero attached hydrogens (tertiary/aromatic N) is 3. The van der Waals surface area contributed by atoms with Gasteiger partial charge in [0.05, 0.1) is 17.6 Å². The van der Waals surface area contributed by atoms with Crippen molar-refractivity contribution in [3.8, 4) is 22.5 Å². The first-order chi connectivity index (χ1) is 14.2. The highest BCUT2D eigenvalue weighted by Crippen LogP contribution is 2.34. The molecular weight excluding hydrogens is 378 g/mol. The van der Waals surface area contributed by atoms with Gasteiger partial charge in [-0.15, -0.1) is 11.8 Å². The maximum Gasteiger partial charge on any atom is 0.170 e. The molecule has 2 aromatic heterocycles. The number of hydrogen-bond donors (Lipinski definition) is 0. The van der Waals surface area contributed by atoms with Crippen LogP contribution < -0.4 is 0 Å². The molecule has 1 aliphatic rings. The molecule has 2 heterocycles. The molecule has 4 aromatic rings. The van der Waals surface area contributed by atoms with Gasteiger partial charge in [0.2, 0.25) is 0 Å². The van der Waals surface area contributed by atoms with E-state index in [1.54, 1.807) is 11.8 Å². The third kappa shape index (κ3) is 3.58. The minimum absolute atomic E-state index is 0.248. The Morgan fingerprint density at radius 3 is 2.52 bits per heavy atom.